The molecule has 0 amide bonds. The molecule has 3 heterocycles. The molecule has 1 unspecified atom stereocenters. The number of hydrogen-bond acceptors (Lipinski definition) is 4. The maximum Gasteiger partial charge on any atom is 0.338 e. The molecule has 0 aromatic heterocycles. The molecule has 0 aliphatic carbocycles. The Kier molecular flexibility index (Phi) is 1.34. The SMILES string of the molecule is C[C@@H]1C2O[C@@H]3OC(=O)[C@H]1O[C@@H]3[C@H]2C. The number of carbonyl (C=O) groups excluding carboxylic acids is 1. The summed E-state index contributed by atoms with van der Waals surface area (Å²) in [6, 6.07) is 0. The van der Waals surface area contributed by atoms with Crippen molar-refractivity contribution in [3.8, 4) is 0 Å². The summed E-state index contributed by atoms with van der Waals surface area (Å²) >= 11 is 0. The highest BCUT2D eigenvalue weighted by Crippen LogP contribution is 2.44. The molecule has 0 aromatic carbocycles. The maximum atomic E-state index is 11.3. The number of rotatable bonds is 0. The molecule has 0 radical (unpaired) electrons. The van der Waals surface area contributed by atoms with E-state index in [0.717, 1.165) is 0 Å². The third-order valence-corrected chi connectivity index (χ3v) is 3.36. The molecule has 3 rings (SSSR count). The molecule has 0 spiro atoms. The zero-order valence-electron chi connectivity index (χ0n) is 7.60. The second-order valence-electron chi connectivity index (χ2n) is 4.15. The van der Waals surface area contributed by atoms with Crippen molar-refractivity contribution in [2.45, 2.75) is 38.4 Å². The monoisotopic (exact) mass is 184 g/mol. The van der Waals surface area contributed by atoms with Gasteiger partial charge >= 0.3 is 5.97 Å². The maximum absolute atomic E-state index is 11.3. The van der Waals surface area contributed by atoms with Gasteiger partial charge in [0.05, 0.1) is 6.10 Å². The van der Waals surface area contributed by atoms with E-state index in [4.69, 9.17) is 14.2 Å². The summed E-state index contributed by atoms with van der Waals surface area (Å²) in [5, 5.41) is 0. The van der Waals surface area contributed by atoms with Crippen LogP contribution in [0.2, 0.25) is 0 Å². The highest BCUT2D eigenvalue weighted by Gasteiger charge is 2.59. The highest BCUT2D eigenvalue weighted by molar-refractivity contribution is 5.76. The Hall–Kier alpha value is -0.610. The Morgan fingerprint density at radius 2 is 1.85 bits per heavy atom. The minimum absolute atomic E-state index is 0.0381. The largest absolute Gasteiger partial charge is 0.431 e. The van der Waals surface area contributed by atoms with E-state index in [1.807, 2.05) is 6.92 Å². The lowest BCUT2D eigenvalue weighted by atomic mass is 9.84. The number of hydrogen-bond donors (Lipinski definition) is 0. The molecule has 3 aliphatic heterocycles. The van der Waals surface area contributed by atoms with Crippen LogP contribution in [0.1, 0.15) is 13.8 Å². The quantitative estimate of drug-likeness (QED) is 0.508. The fourth-order valence-corrected chi connectivity index (χ4v) is 2.59. The van der Waals surface area contributed by atoms with Gasteiger partial charge in [-0.3, -0.25) is 0 Å². The fourth-order valence-electron chi connectivity index (χ4n) is 2.59. The summed E-state index contributed by atoms with van der Waals surface area (Å²) in [6.07, 6.45) is -0.761. The van der Waals surface area contributed by atoms with Crippen LogP contribution in [0.15, 0.2) is 0 Å². The van der Waals surface area contributed by atoms with Crippen LogP contribution in [0.3, 0.4) is 0 Å². The van der Waals surface area contributed by atoms with Crippen LogP contribution < -0.4 is 0 Å². The van der Waals surface area contributed by atoms with Crippen molar-refractivity contribution in [3.05, 3.63) is 0 Å². The predicted molar refractivity (Wildman–Crippen MR) is 41.7 cm³/mol. The molecular formula is C9H12O4. The summed E-state index contributed by atoms with van der Waals surface area (Å²) in [5.41, 5.74) is 0. The van der Waals surface area contributed by atoms with Gasteiger partial charge in [-0.1, -0.05) is 13.8 Å². The number of esters is 1. The van der Waals surface area contributed by atoms with Gasteiger partial charge < -0.3 is 14.2 Å². The first-order valence-corrected chi connectivity index (χ1v) is 4.70. The van der Waals surface area contributed by atoms with Crippen molar-refractivity contribution in [1.29, 1.82) is 0 Å². The van der Waals surface area contributed by atoms with Crippen molar-refractivity contribution >= 4 is 5.97 Å². The summed E-state index contributed by atoms with van der Waals surface area (Å²) in [4.78, 5) is 11.3. The second kappa shape index (κ2) is 2.25. The van der Waals surface area contributed by atoms with Gasteiger partial charge in [0.2, 0.25) is 6.29 Å². The molecule has 6 atom stereocenters. The third-order valence-electron chi connectivity index (χ3n) is 3.36. The van der Waals surface area contributed by atoms with Crippen LogP contribution in [-0.2, 0) is 19.0 Å². The van der Waals surface area contributed by atoms with Gasteiger partial charge in [0.25, 0.3) is 0 Å². The first-order valence-electron chi connectivity index (χ1n) is 4.70. The van der Waals surface area contributed by atoms with E-state index in [9.17, 15) is 4.79 Å². The van der Waals surface area contributed by atoms with E-state index >= 15 is 0 Å². The number of carbonyl (C=O) groups is 1. The van der Waals surface area contributed by atoms with Gasteiger partial charge in [-0.05, 0) is 0 Å². The Morgan fingerprint density at radius 3 is 2.62 bits per heavy atom. The average molecular weight is 184 g/mol. The lowest BCUT2D eigenvalue weighted by Gasteiger charge is -2.38. The van der Waals surface area contributed by atoms with Gasteiger partial charge in [0.15, 0.2) is 6.10 Å². The minimum atomic E-state index is -0.450. The molecule has 3 bridgehead atoms. The van der Waals surface area contributed by atoms with Crippen LogP contribution in [-0.4, -0.2) is 30.6 Å². The normalized spacial score (nSPS) is 58.2. The molecule has 0 aromatic rings. The number of fused-ring (bicyclic) bond motifs is 2. The van der Waals surface area contributed by atoms with Gasteiger partial charge in [-0.2, -0.15) is 0 Å². The van der Waals surface area contributed by atoms with Crippen LogP contribution >= 0.6 is 0 Å². The summed E-state index contributed by atoms with van der Waals surface area (Å²) < 4.78 is 16.3. The van der Waals surface area contributed by atoms with Crippen LogP contribution in [0.5, 0.6) is 0 Å². The summed E-state index contributed by atoms with van der Waals surface area (Å²) in [5.74, 6) is 0.193. The van der Waals surface area contributed by atoms with Crippen molar-refractivity contribution in [1.82, 2.24) is 0 Å². The van der Waals surface area contributed by atoms with E-state index in [1.165, 1.54) is 0 Å². The van der Waals surface area contributed by atoms with Crippen LogP contribution in [0.25, 0.3) is 0 Å². The van der Waals surface area contributed by atoms with E-state index in [0.29, 0.717) is 5.92 Å². The molecular weight excluding hydrogens is 172 g/mol. The van der Waals surface area contributed by atoms with Gasteiger partial charge in [0.1, 0.15) is 6.10 Å². The Labute approximate surface area is 76.1 Å². The minimum Gasteiger partial charge on any atom is -0.431 e. The van der Waals surface area contributed by atoms with Crippen LogP contribution in [0, 0.1) is 11.8 Å². The molecule has 0 N–H and O–H groups in total. The third kappa shape index (κ3) is 0.802. The first-order chi connectivity index (χ1) is 6.18. The first kappa shape index (κ1) is 7.76. The molecule has 0 saturated carbocycles. The van der Waals surface area contributed by atoms with Gasteiger partial charge in [-0.15, -0.1) is 0 Å². The topological polar surface area (TPSA) is 44.8 Å². The Balaban J connectivity index is 2.02. The number of ether oxygens (including phenoxy) is 3. The van der Waals surface area contributed by atoms with Crippen LogP contribution in [0.4, 0.5) is 0 Å². The molecule has 13 heavy (non-hydrogen) atoms. The molecule has 4 heteroatoms. The lowest BCUT2D eigenvalue weighted by Crippen LogP contribution is -2.53. The van der Waals surface area contributed by atoms with E-state index in [1.54, 1.807) is 0 Å². The lowest BCUT2D eigenvalue weighted by molar-refractivity contribution is -0.225. The average Bonchev–Trinajstić information content (AvgIpc) is 2.25. The molecule has 3 fully saturated rings. The van der Waals surface area contributed by atoms with Crippen molar-refractivity contribution in [3.63, 3.8) is 0 Å². The van der Waals surface area contributed by atoms with Crippen molar-refractivity contribution in [2.75, 3.05) is 0 Å². The van der Waals surface area contributed by atoms with E-state index in [2.05, 4.69) is 6.92 Å². The Morgan fingerprint density at radius 1 is 1.08 bits per heavy atom. The smallest absolute Gasteiger partial charge is 0.338 e. The van der Waals surface area contributed by atoms with E-state index < -0.39 is 12.4 Å². The molecule has 3 aliphatic rings. The zero-order chi connectivity index (χ0) is 9.16. The van der Waals surface area contributed by atoms with E-state index in [-0.39, 0.29) is 24.1 Å². The zero-order valence-corrected chi connectivity index (χ0v) is 7.60. The Bertz CT molecular complexity index is 264. The molecule has 3 saturated heterocycles. The van der Waals surface area contributed by atoms with Crippen molar-refractivity contribution < 1.29 is 19.0 Å². The fraction of sp³-hybridized carbons (Fsp3) is 0.889. The van der Waals surface area contributed by atoms with Gasteiger partial charge in [0, 0.05) is 11.8 Å². The summed E-state index contributed by atoms with van der Waals surface area (Å²) in [7, 11) is 0. The molecule has 72 valence electrons. The second-order valence-corrected chi connectivity index (χ2v) is 4.15. The van der Waals surface area contributed by atoms with Gasteiger partial charge in [-0.25, -0.2) is 4.79 Å². The summed E-state index contributed by atoms with van der Waals surface area (Å²) in [6.45, 7) is 4.07. The predicted octanol–water partition coefficient (Wildman–Crippen LogP) is 0.308. The molecule has 4 nitrogen and oxygen atoms in total. The van der Waals surface area contributed by atoms with Crippen molar-refractivity contribution in [2.24, 2.45) is 11.8 Å². The standard InChI is InChI=1S/C9H12O4/c1-3-5-4(2)7-9(12-5)13-8(10)6(3)11-7/h3-7,9H,1-2H3/t3-,4+,5?,6+,7-,9-/m1/s1. The highest BCUT2D eigenvalue weighted by atomic mass is 16.8.